The van der Waals surface area contributed by atoms with Crippen LogP contribution in [0.4, 0.5) is 0 Å². The molecule has 1 aromatic heterocycles. The third-order valence-electron chi connectivity index (χ3n) is 3.03. The molecular formula is C11H22N4. The predicted molar refractivity (Wildman–Crippen MR) is 62.1 cm³/mol. The monoisotopic (exact) mass is 210 g/mol. The molecule has 0 saturated heterocycles. The third kappa shape index (κ3) is 3.32. The topological polar surface area (TPSA) is 55.9 Å². The molecule has 0 bridgehead atoms. The van der Waals surface area contributed by atoms with Gasteiger partial charge < -0.3 is 0 Å². The smallest absolute Gasteiger partial charge is 0.0640 e. The lowest BCUT2D eigenvalue weighted by Crippen LogP contribution is -2.42. The summed E-state index contributed by atoms with van der Waals surface area (Å²) in [4.78, 5) is 0. The summed E-state index contributed by atoms with van der Waals surface area (Å²) >= 11 is 0. The minimum atomic E-state index is 0.329. The van der Waals surface area contributed by atoms with Gasteiger partial charge in [0.25, 0.3) is 0 Å². The first-order valence-electron chi connectivity index (χ1n) is 5.65. The molecule has 0 aliphatic heterocycles. The second-order valence-corrected chi connectivity index (χ2v) is 4.03. The Morgan fingerprint density at radius 2 is 2.13 bits per heavy atom. The molecule has 0 saturated carbocycles. The molecule has 1 atom stereocenters. The molecule has 0 aliphatic carbocycles. The summed E-state index contributed by atoms with van der Waals surface area (Å²) in [6, 6.07) is 2.38. The van der Waals surface area contributed by atoms with Gasteiger partial charge in [-0.25, -0.2) is 0 Å². The molecule has 3 N–H and O–H groups in total. The Morgan fingerprint density at radius 1 is 1.47 bits per heavy atom. The zero-order valence-electron chi connectivity index (χ0n) is 9.90. The fourth-order valence-corrected chi connectivity index (χ4v) is 2.02. The first-order chi connectivity index (χ1) is 7.21. The van der Waals surface area contributed by atoms with Crippen LogP contribution in [0.15, 0.2) is 12.3 Å². The van der Waals surface area contributed by atoms with E-state index in [-0.39, 0.29) is 0 Å². The summed E-state index contributed by atoms with van der Waals surface area (Å²) in [5.74, 6) is 6.22. The lowest BCUT2D eigenvalue weighted by molar-refractivity contribution is 0.333. The van der Waals surface area contributed by atoms with Crippen LogP contribution in [0.3, 0.4) is 0 Å². The number of hydrazine groups is 1. The van der Waals surface area contributed by atoms with Crippen LogP contribution in [0.5, 0.6) is 0 Å². The van der Waals surface area contributed by atoms with Gasteiger partial charge in [-0.05, 0) is 12.0 Å². The van der Waals surface area contributed by atoms with Gasteiger partial charge in [0.05, 0.1) is 5.69 Å². The van der Waals surface area contributed by atoms with Crippen LogP contribution in [0.2, 0.25) is 0 Å². The number of nitrogens with one attached hydrogen (secondary N) is 1. The maximum absolute atomic E-state index is 5.59. The summed E-state index contributed by atoms with van der Waals surface area (Å²) in [5, 5.41) is 4.37. The quantitative estimate of drug-likeness (QED) is 0.548. The summed E-state index contributed by atoms with van der Waals surface area (Å²) in [6.07, 6.45) is 5.18. The SMILES string of the molecule is CCC(CC)C(Cc1ccn(C)n1)NN. The average molecular weight is 210 g/mol. The van der Waals surface area contributed by atoms with Gasteiger partial charge in [-0.3, -0.25) is 16.0 Å². The van der Waals surface area contributed by atoms with Gasteiger partial charge in [-0.15, -0.1) is 0 Å². The molecule has 86 valence electrons. The first kappa shape index (κ1) is 12.2. The van der Waals surface area contributed by atoms with Crippen molar-refractivity contribution in [3.63, 3.8) is 0 Å². The normalized spacial score (nSPS) is 13.4. The summed E-state index contributed by atoms with van der Waals surface area (Å²) < 4.78 is 1.83. The number of nitrogens with zero attached hydrogens (tertiary/aromatic N) is 2. The molecule has 0 fully saturated rings. The van der Waals surface area contributed by atoms with Crippen molar-refractivity contribution in [2.24, 2.45) is 18.8 Å². The van der Waals surface area contributed by atoms with Crippen LogP contribution >= 0.6 is 0 Å². The molecule has 1 unspecified atom stereocenters. The Kier molecular flexibility index (Phi) is 4.78. The van der Waals surface area contributed by atoms with Crippen LogP contribution in [0.1, 0.15) is 32.4 Å². The summed E-state index contributed by atoms with van der Waals surface area (Å²) in [5.41, 5.74) is 4.02. The molecule has 0 radical (unpaired) electrons. The molecule has 1 heterocycles. The Labute approximate surface area is 91.8 Å². The number of nitrogens with two attached hydrogens (primary N) is 1. The highest BCUT2D eigenvalue weighted by atomic mass is 15.3. The van der Waals surface area contributed by atoms with E-state index in [4.69, 9.17) is 5.84 Å². The molecule has 0 spiro atoms. The fraction of sp³-hybridized carbons (Fsp3) is 0.727. The number of aryl methyl sites for hydroxylation is 1. The molecule has 0 aliphatic rings. The highest BCUT2D eigenvalue weighted by Crippen LogP contribution is 2.15. The maximum Gasteiger partial charge on any atom is 0.0640 e. The van der Waals surface area contributed by atoms with E-state index in [1.54, 1.807) is 0 Å². The molecule has 1 rings (SSSR count). The highest BCUT2D eigenvalue weighted by molar-refractivity contribution is 5.01. The Balaban J connectivity index is 2.60. The van der Waals surface area contributed by atoms with Crippen molar-refractivity contribution >= 4 is 0 Å². The molecule has 0 amide bonds. The zero-order chi connectivity index (χ0) is 11.3. The van der Waals surface area contributed by atoms with Crippen molar-refractivity contribution in [1.82, 2.24) is 15.2 Å². The van der Waals surface area contributed by atoms with Gasteiger partial charge in [0.15, 0.2) is 0 Å². The number of rotatable bonds is 6. The van der Waals surface area contributed by atoms with Crippen molar-refractivity contribution in [1.29, 1.82) is 0 Å². The van der Waals surface area contributed by atoms with Crippen LogP contribution in [-0.4, -0.2) is 15.8 Å². The number of hydrogen-bond acceptors (Lipinski definition) is 3. The van der Waals surface area contributed by atoms with Gasteiger partial charge in [-0.2, -0.15) is 5.10 Å². The first-order valence-corrected chi connectivity index (χ1v) is 5.65. The maximum atomic E-state index is 5.59. The standard InChI is InChI=1S/C11H22N4/c1-4-9(5-2)11(13-12)8-10-6-7-15(3)14-10/h6-7,9,11,13H,4-5,8,12H2,1-3H3. The van der Waals surface area contributed by atoms with E-state index in [1.807, 2.05) is 24.0 Å². The van der Waals surface area contributed by atoms with Gasteiger partial charge in [0.2, 0.25) is 0 Å². The number of hydrogen-bond donors (Lipinski definition) is 2. The predicted octanol–water partition coefficient (Wildman–Crippen LogP) is 1.23. The van der Waals surface area contributed by atoms with E-state index in [0.29, 0.717) is 12.0 Å². The molecule has 0 aromatic carbocycles. The van der Waals surface area contributed by atoms with E-state index >= 15 is 0 Å². The second-order valence-electron chi connectivity index (χ2n) is 4.03. The van der Waals surface area contributed by atoms with E-state index in [9.17, 15) is 0 Å². The molecule has 15 heavy (non-hydrogen) atoms. The van der Waals surface area contributed by atoms with Crippen molar-refractivity contribution in [3.8, 4) is 0 Å². The summed E-state index contributed by atoms with van der Waals surface area (Å²) in [6.45, 7) is 4.41. The lowest BCUT2D eigenvalue weighted by atomic mass is 9.91. The van der Waals surface area contributed by atoms with Crippen LogP contribution in [-0.2, 0) is 13.5 Å². The van der Waals surface area contributed by atoms with Crippen LogP contribution < -0.4 is 11.3 Å². The van der Waals surface area contributed by atoms with Crippen molar-refractivity contribution in [2.45, 2.75) is 39.2 Å². The van der Waals surface area contributed by atoms with E-state index in [0.717, 1.165) is 25.0 Å². The molecule has 1 aromatic rings. The van der Waals surface area contributed by atoms with Gasteiger partial charge in [-0.1, -0.05) is 26.7 Å². The second kappa shape index (κ2) is 5.88. The Morgan fingerprint density at radius 3 is 2.53 bits per heavy atom. The molecule has 4 nitrogen and oxygen atoms in total. The van der Waals surface area contributed by atoms with E-state index < -0.39 is 0 Å². The summed E-state index contributed by atoms with van der Waals surface area (Å²) in [7, 11) is 1.94. The van der Waals surface area contributed by atoms with Crippen LogP contribution in [0, 0.1) is 5.92 Å². The number of aromatic nitrogens is 2. The lowest BCUT2D eigenvalue weighted by Gasteiger charge is -2.23. The molecular weight excluding hydrogens is 188 g/mol. The van der Waals surface area contributed by atoms with Crippen molar-refractivity contribution in [3.05, 3.63) is 18.0 Å². The minimum absolute atomic E-state index is 0.329. The Bertz CT molecular complexity index is 278. The third-order valence-corrected chi connectivity index (χ3v) is 3.03. The Hall–Kier alpha value is -0.870. The fourth-order valence-electron chi connectivity index (χ4n) is 2.02. The van der Waals surface area contributed by atoms with Crippen molar-refractivity contribution < 1.29 is 0 Å². The van der Waals surface area contributed by atoms with E-state index in [2.05, 4.69) is 24.4 Å². The van der Waals surface area contributed by atoms with Crippen LogP contribution in [0.25, 0.3) is 0 Å². The van der Waals surface area contributed by atoms with Gasteiger partial charge >= 0.3 is 0 Å². The zero-order valence-corrected chi connectivity index (χ0v) is 9.90. The van der Waals surface area contributed by atoms with Gasteiger partial charge in [0, 0.05) is 25.7 Å². The minimum Gasteiger partial charge on any atom is -0.276 e. The largest absolute Gasteiger partial charge is 0.276 e. The van der Waals surface area contributed by atoms with E-state index in [1.165, 1.54) is 0 Å². The highest BCUT2D eigenvalue weighted by Gasteiger charge is 2.18. The van der Waals surface area contributed by atoms with Crippen molar-refractivity contribution in [2.75, 3.05) is 0 Å². The average Bonchev–Trinajstić information content (AvgIpc) is 2.64. The van der Waals surface area contributed by atoms with Gasteiger partial charge in [0.1, 0.15) is 0 Å². The molecule has 4 heteroatoms.